The van der Waals surface area contributed by atoms with Crippen LogP contribution in [-0.2, 0) is 17.8 Å². The minimum atomic E-state index is -0.243. The van der Waals surface area contributed by atoms with Crippen LogP contribution in [0, 0.1) is 6.92 Å². The highest BCUT2D eigenvalue weighted by atomic mass is 32.1. The van der Waals surface area contributed by atoms with Crippen molar-refractivity contribution < 1.29 is 4.79 Å². The molecule has 2 heterocycles. The Kier molecular flexibility index (Phi) is 6.23. The second-order valence-electron chi connectivity index (χ2n) is 7.75. The molecule has 31 heavy (non-hydrogen) atoms. The molecule has 0 unspecified atom stereocenters. The van der Waals surface area contributed by atoms with Crippen LogP contribution in [0.15, 0.2) is 65.7 Å². The van der Waals surface area contributed by atoms with Gasteiger partial charge in [0.2, 0.25) is 5.91 Å². The molecule has 0 saturated carbocycles. The van der Waals surface area contributed by atoms with Crippen LogP contribution >= 0.6 is 11.5 Å². The highest BCUT2D eigenvalue weighted by Crippen LogP contribution is 2.27. The van der Waals surface area contributed by atoms with E-state index in [2.05, 4.69) is 26.8 Å². The van der Waals surface area contributed by atoms with Crippen molar-refractivity contribution in [3.63, 3.8) is 0 Å². The number of aryl methyl sites for hydroxylation is 2. The standard InChI is InChI=1S/C24H24N4O2S/c1-16-8-12-19(13-9-16)21-22-23(31-27-21)24(30)28(15-25-22)14-20(29)26-17(2)10-11-18-6-4-3-5-7-18/h3-9,12-13,15,17H,10-11,14H2,1-2H3,(H,26,29)/t17-/m0/s1. The molecule has 0 aliphatic rings. The Bertz CT molecular complexity index is 1250. The molecule has 2 aromatic carbocycles. The number of hydrogen-bond donors (Lipinski definition) is 1. The average molecular weight is 433 g/mol. The number of nitrogens with one attached hydrogen (secondary N) is 1. The van der Waals surface area contributed by atoms with Crippen LogP contribution in [0.3, 0.4) is 0 Å². The van der Waals surface area contributed by atoms with Gasteiger partial charge in [0, 0.05) is 11.6 Å². The third-order valence-electron chi connectivity index (χ3n) is 5.20. The van der Waals surface area contributed by atoms with Gasteiger partial charge in [-0.1, -0.05) is 60.2 Å². The summed E-state index contributed by atoms with van der Waals surface area (Å²) in [5, 5.41) is 2.97. The Hall–Kier alpha value is -3.32. The van der Waals surface area contributed by atoms with E-state index in [4.69, 9.17) is 0 Å². The molecule has 1 atom stereocenters. The Labute approximate surface area is 184 Å². The molecule has 0 spiro atoms. The Morgan fingerprint density at radius 3 is 2.61 bits per heavy atom. The number of amides is 1. The van der Waals surface area contributed by atoms with Gasteiger partial charge in [-0.25, -0.2) is 4.98 Å². The predicted molar refractivity (Wildman–Crippen MR) is 124 cm³/mol. The molecule has 4 rings (SSSR count). The number of hydrogen-bond acceptors (Lipinski definition) is 5. The molecule has 1 N–H and O–H groups in total. The molecule has 0 saturated heterocycles. The minimum absolute atomic E-state index is 0.0108. The molecular weight excluding hydrogens is 408 g/mol. The van der Waals surface area contributed by atoms with E-state index in [1.165, 1.54) is 16.5 Å². The number of fused-ring (bicyclic) bond motifs is 1. The van der Waals surface area contributed by atoms with Gasteiger partial charge in [0.05, 0.1) is 6.33 Å². The Morgan fingerprint density at radius 1 is 1.13 bits per heavy atom. The third kappa shape index (κ3) is 4.88. The van der Waals surface area contributed by atoms with E-state index in [1.54, 1.807) is 0 Å². The summed E-state index contributed by atoms with van der Waals surface area (Å²) in [7, 11) is 0. The normalized spacial score (nSPS) is 12.1. The van der Waals surface area contributed by atoms with Crippen molar-refractivity contribution in [2.75, 3.05) is 0 Å². The van der Waals surface area contributed by atoms with Crippen molar-refractivity contribution >= 4 is 27.7 Å². The summed E-state index contributed by atoms with van der Waals surface area (Å²) in [5.41, 5.74) is 4.35. The maximum atomic E-state index is 12.9. The number of carbonyl (C=O) groups is 1. The van der Waals surface area contributed by atoms with Gasteiger partial charge in [-0.3, -0.25) is 14.2 Å². The number of rotatable bonds is 7. The molecule has 158 valence electrons. The molecular formula is C24H24N4O2S. The monoisotopic (exact) mass is 432 g/mol. The quantitative estimate of drug-likeness (QED) is 0.479. The van der Waals surface area contributed by atoms with Gasteiger partial charge in [0.25, 0.3) is 5.56 Å². The van der Waals surface area contributed by atoms with Crippen molar-refractivity contribution in [2.45, 2.75) is 39.3 Å². The fourth-order valence-corrected chi connectivity index (χ4v) is 4.25. The number of benzene rings is 2. The zero-order valence-corrected chi connectivity index (χ0v) is 18.4. The Morgan fingerprint density at radius 2 is 1.87 bits per heavy atom. The van der Waals surface area contributed by atoms with Crippen LogP contribution in [-0.4, -0.2) is 25.9 Å². The molecule has 0 bridgehead atoms. The smallest absolute Gasteiger partial charge is 0.273 e. The van der Waals surface area contributed by atoms with E-state index >= 15 is 0 Å². The number of carbonyl (C=O) groups excluding carboxylic acids is 1. The first-order valence-corrected chi connectivity index (χ1v) is 11.0. The summed E-state index contributed by atoms with van der Waals surface area (Å²) < 4.78 is 6.25. The van der Waals surface area contributed by atoms with Gasteiger partial charge in [0.1, 0.15) is 22.5 Å². The van der Waals surface area contributed by atoms with Crippen molar-refractivity contribution in [1.82, 2.24) is 19.2 Å². The fraction of sp³-hybridized carbons (Fsp3) is 0.250. The van der Waals surface area contributed by atoms with Crippen LogP contribution in [0.5, 0.6) is 0 Å². The van der Waals surface area contributed by atoms with E-state index in [0.29, 0.717) is 15.9 Å². The van der Waals surface area contributed by atoms with Gasteiger partial charge in [-0.2, -0.15) is 4.37 Å². The van der Waals surface area contributed by atoms with Crippen molar-refractivity contribution in [3.8, 4) is 11.3 Å². The summed E-state index contributed by atoms with van der Waals surface area (Å²) in [6.45, 7) is 3.94. The number of nitrogens with zero attached hydrogens (tertiary/aromatic N) is 3. The summed E-state index contributed by atoms with van der Waals surface area (Å²) >= 11 is 1.12. The molecule has 7 heteroatoms. The second-order valence-corrected chi connectivity index (χ2v) is 8.52. The van der Waals surface area contributed by atoms with Gasteiger partial charge >= 0.3 is 0 Å². The lowest BCUT2D eigenvalue weighted by Crippen LogP contribution is -2.37. The first-order valence-electron chi connectivity index (χ1n) is 10.3. The molecule has 6 nitrogen and oxygen atoms in total. The number of aromatic nitrogens is 3. The van der Waals surface area contributed by atoms with Gasteiger partial charge in [0.15, 0.2) is 0 Å². The SMILES string of the molecule is Cc1ccc(-c2nsc3c(=O)n(CC(=O)N[C@@H](C)CCc4ccccc4)cnc23)cc1. The van der Waals surface area contributed by atoms with Crippen molar-refractivity contribution in [1.29, 1.82) is 0 Å². The third-order valence-corrected chi connectivity index (χ3v) is 6.03. The molecule has 0 radical (unpaired) electrons. The lowest BCUT2D eigenvalue weighted by atomic mass is 10.1. The highest BCUT2D eigenvalue weighted by Gasteiger charge is 2.16. The summed E-state index contributed by atoms with van der Waals surface area (Å²) in [4.78, 5) is 29.8. The molecule has 0 aliphatic carbocycles. The highest BCUT2D eigenvalue weighted by molar-refractivity contribution is 7.13. The van der Waals surface area contributed by atoms with E-state index in [9.17, 15) is 9.59 Å². The largest absolute Gasteiger partial charge is 0.352 e. The minimum Gasteiger partial charge on any atom is -0.352 e. The lowest BCUT2D eigenvalue weighted by Gasteiger charge is -2.14. The van der Waals surface area contributed by atoms with Crippen LogP contribution in [0.1, 0.15) is 24.5 Å². The summed E-state index contributed by atoms with van der Waals surface area (Å²) in [6, 6.07) is 18.1. The fourth-order valence-electron chi connectivity index (χ4n) is 3.44. The van der Waals surface area contributed by atoms with Crippen LogP contribution in [0.2, 0.25) is 0 Å². The zero-order chi connectivity index (χ0) is 21.8. The summed E-state index contributed by atoms with van der Waals surface area (Å²) in [5.74, 6) is -0.202. The maximum Gasteiger partial charge on any atom is 0.273 e. The van der Waals surface area contributed by atoms with Crippen LogP contribution in [0.25, 0.3) is 21.5 Å². The van der Waals surface area contributed by atoms with Gasteiger partial charge < -0.3 is 5.32 Å². The zero-order valence-electron chi connectivity index (χ0n) is 17.5. The van der Waals surface area contributed by atoms with Crippen molar-refractivity contribution in [2.24, 2.45) is 0 Å². The van der Waals surface area contributed by atoms with E-state index in [1.807, 2.05) is 56.3 Å². The van der Waals surface area contributed by atoms with Gasteiger partial charge in [-0.15, -0.1) is 0 Å². The first kappa shape index (κ1) is 20.9. The Balaban J connectivity index is 1.43. The topological polar surface area (TPSA) is 76.9 Å². The maximum absolute atomic E-state index is 12.9. The lowest BCUT2D eigenvalue weighted by molar-refractivity contribution is -0.122. The molecule has 2 aromatic heterocycles. The van der Waals surface area contributed by atoms with E-state index in [-0.39, 0.29) is 24.1 Å². The van der Waals surface area contributed by atoms with E-state index < -0.39 is 0 Å². The average Bonchev–Trinajstić information content (AvgIpc) is 3.20. The van der Waals surface area contributed by atoms with Crippen LogP contribution < -0.4 is 10.9 Å². The predicted octanol–water partition coefficient (Wildman–Crippen LogP) is 3.97. The molecule has 0 aliphatic heterocycles. The first-order chi connectivity index (χ1) is 15.0. The molecule has 4 aromatic rings. The molecule has 0 fully saturated rings. The second kappa shape index (κ2) is 9.22. The van der Waals surface area contributed by atoms with Crippen molar-refractivity contribution in [3.05, 3.63) is 82.4 Å². The van der Waals surface area contributed by atoms with Crippen LogP contribution in [0.4, 0.5) is 0 Å². The molecule has 1 amide bonds. The van der Waals surface area contributed by atoms with Gasteiger partial charge in [-0.05, 0) is 43.8 Å². The van der Waals surface area contributed by atoms with E-state index in [0.717, 1.165) is 35.5 Å². The summed E-state index contributed by atoms with van der Waals surface area (Å²) in [6.07, 6.45) is 3.15.